The number of anilines is 1. The summed E-state index contributed by atoms with van der Waals surface area (Å²) in [5.41, 5.74) is 2.84. The van der Waals surface area contributed by atoms with E-state index in [1.807, 2.05) is 6.20 Å². The number of amides is 3. The van der Waals surface area contributed by atoms with Gasteiger partial charge in [0.05, 0.1) is 17.4 Å². The van der Waals surface area contributed by atoms with Gasteiger partial charge >= 0.3 is 6.03 Å². The fraction of sp³-hybridized carbons (Fsp3) is 0.591. The number of nitrogens with zero attached hydrogens (tertiary/aromatic N) is 5. The summed E-state index contributed by atoms with van der Waals surface area (Å²) < 4.78 is 1.79. The number of fused-ring (bicyclic) bond motifs is 1. The standard InChI is InChI=1S/C22H32N6O2/c1-16(2)4-7-26-11-10-25(14-17(26)3)15-18-5-9-28-19(12-18)20(13-23-28)27-8-6-21(29)24-22(27)30/h5,9,12-13,16-17H,4,6-8,10-11,14-15H2,1-3H3,(H,24,29,30)/t17-/m0/s1. The van der Waals surface area contributed by atoms with Gasteiger partial charge in [-0.2, -0.15) is 5.10 Å². The van der Waals surface area contributed by atoms with Crippen LogP contribution in [0.15, 0.2) is 24.5 Å². The van der Waals surface area contributed by atoms with Crippen molar-refractivity contribution in [2.45, 2.75) is 46.2 Å². The van der Waals surface area contributed by atoms with Gasteiger partial charge in [-0.15, -0.1) is 0 Å². The van der Waals surface area contributed by atoms with Crippen molar-refractivity contribution in [2.75, 3.05) is 37.6 Å². The Morgan fingerprint density at radius 2 is 2.07 bits per heavy atom. The van der Waals surface area contributed by atoms with Gasteiger partial charge in [0.1, 0.15) is 0 Å². The molecule has 3 amide bonds. The van der Waals surface area contributed by atoms with Crippen molar-refractivity contribution in [3.05, 3.63) is 30.1 Å². The highest BCUT2D eigenvalue weighted by Gasteiger charge is 2.27. The zero-order valence-electron chi connectivity index (χ0n) is 18.2. The van der Waals surface area contributed by atoms with Crippen molar-refractivity contribution < 1.29 is 9.59 Å². The molecule has 2 aromatic heterocycles. The Kier molecular flexibility index (Phi) is 6.06. The van der Waals surface area contributed by atoms with E-state index in [0.29, 0.717) is 19.0 Å². The predicted octanol–water partition coefficient (Wildman–Crippen LogP) is 2.33. The zero-order valence-corrected chi connectivity index (χ0v) is 18.2. The van der Waals surface area contributed by atoms with Crippen LogP contribution in [0.5, 0.6) is 0 Å². The Balaban J connectivity index is 1.44. The topological polar surface area (TPSA) is 73.2 Å². The van der Waals surface area contributed by atoms with Crippen molar-refractivity contribution >= 4 is 23.1 Å². The van der Waals surface area contributed by atoms with Crippen molar-refractivity contribution in [1.29, 1.82) is 0 Å². The molecular formula is C22H32N6O2. The third-order valence-corrected chi connectivity index (χ3v) is 6.16. The monoisotopic (exact) mass is 412 g/mol. The number of aromatic nitrogens is 2. The molecule has 8 nitrogen and oxygen atoms in total. The largest absolute Gasteiger partial charge is 0.328 e. The van der Waals surface area contributed by atoms with Crippen LogP contribution in [0.1, 0.15) is 39.2 Å². The Bertz CT molecular complexity index is 923. The third kappa shape index (κ3) is 4.49. The molecule has 0 spiro atoms. The Morgan fingerprint density at radius 3 is 2.80 bits per heavy atom. The minimum Gasteiger partial charge on any atom is -0.298 e. The molecule has 1 atom stereocenters. The number of hydrogen-bond donors (Lipinski definition) is 1. The van der Waals surface area contributed by atoms with Crippen LogP contribution in [0.4, 0.5) is 10.5 Å². The molecule has 0 aromatic carbocycles. The lowest BCUT2D eigenvalue weighted by atomic mass is 10.1. The molecule has 2 aliphatic heterocycles. The summed E-state index contributed by atoms with van der Waals surface area (Å²) in [6.45, 7) is 12.6. The Labute approximate surface area is 177 Å². The van der Waals surface area contributed by atoms with E-state index in [1.54, 1.807) is 15.6 Å². The maximum Gasteiger partial charge on any atom is 0.328 e. The summed E-state index contributed by atoms with van der Waals surface area (Å²) in [6, 6.07) is 4.39. The molecule has 0 radical (unpaired) electrons. The van der Waals surface area contributed by atoms with E-state index in [0.717, 1.165) is 43.3 Å². The van der Waals surface area contributed by atoms with E-state index in [-0.39, 0.29) is 11.9 Å². The van der Waals surface area contributed by atoms with Crippen LogP contribution in [-0.2, 0) is 11.3 Å². The Hall–Kier alpha value is -2.45. The molecule has 4 rings (SSSR count). The van der Waals surface area contributed by atoms with Crippen LogP contribution >= 0.6 is 0 Å². The maximum atomic E-state index is 12.3. The van der Waals surface area contributed by atoms with Gasteiger partial charge in [0.25, 0.3) is 0 Å². The number of imide groups is 1. The molecule has 2 saturated heterocycles. The summed E-state index contributed by atoms with van der Waals surface area (Å²) in [5, 5.41) is 6.77. The summed E-state index contributed by atoms with van der Waals surface area (Å²) in [4.78, 5) is 30.4. The summed E-state index contributed by atoms with van der Waals surface area (Å²) in [6.07, 6.45) is 5.20. The minimum atomic E-state index is -0.377. The van der Waals surface area contributed by atoms with Crippen molar-refractivity contribution in [3.63, 3.8) is 0 Å². The summed E-state index contributed by atoms with van der Waals surface area (Å²) >= 11 is 0. The molecule has 0 unspecified atom stereocenters. The van der Waals surface area contributed by atoms with E-state index in [4.69, 9.17) is 0 Å². The first-order valence-corrected chi connectivity index (χ1v) is 10.9. The van der Waals surface area contributed by atoms with Gasteiger partial charge in [-0.3, -0.25) is 24.8 Å². The highest BCUT2D eigenvalue weighted by molar-refractivity contribution is 6.07. The highest BCUT2D eigenvalue weighted by Crippen LogP contribution is 2.25. The molecule has 0 aliphatic carbocycles. The molecular weight excluding hydrogens is 380 g/mol. The maximum absolute atomic E-state index is 12.3. The summed E-state index contributed by atoms with van der Waals surface area (Å²) in [5.74, 6) is 0.516. The first-order chi connectivity index (χ1) is 14.4. The number of hydrogen-bond acceptors (Lipinski definition) is 5. The van der Waals surface area contributed by atoms with Crippen LogP contribution in [0.25, 0.3) is 5.52 Å². The summed E-state index contributed by atoms with van der Waals surface area (Å²) in [7, 11) is 0. The number of carbonyl (C=O) groups excluding carboxylic acids is 2. The molecule has 2 aliphatic rings. The lowest BCUT2D eigenvalue weighted by Crippen LogP contribution is -2.51. The van der Waals surface area contributed by atoms with Gasteiger partial charge in [-0.05, 0) is 43.5 Å². The van der Waals surface area contributed by atoms with Gasteiger partial charge in [0.15, 0.2) is 0 Å². The molecule has 1 N–H and O–H groups in total. The zero-order chi connectivity index (χ0) is 21.3. The SMILES string of the molecule is CC(C)CCN1CCN(Cc2ccn3ncc(N4CCC(=O)NC4=O)c3c2)C[C@@H]1C. The van der Waals surface area contributed by atoms with E-state index in [1.165, 1.54) is 18.5 Å². The second-order valence-corrected chi connectivity index (χ2v) is 8.95. The molecule has 2 fully saturated rings. The predicted molar refractivity (Wildman–Crippen MR) is 116 cm³/mol. The number of rotatable bonds is 6. The number of nitrogens with one attached hydrogen (secondary N) is 1. The lowest BCUT2D eigenvalue weighted by molar-refractivity contribution is -0.120. The van der Waals surface area contributed by atoms with Crippen LogP contribution < -0.4 is 10.2 Å². The van der Waals surface area contributed by atoms with E-state index < -0.39 is 0 Å². The van der Waals surface area contributed by atoms with Gasteiger partial charge in [-0.1, -0.05) is 13.8 Å². The molecule has 30 heavy (non-hydrogen) atoms. The van der Waals surface area contributed by atoms with Crippen molar-refractivity contribution in [1.82, 2.24) is 24.7 Å². The van der Waals surface area contributed by atoms with E-state index in [2.05, 4.69) is 53.1 Å². The second-order valence-electron chi connectivity index (χ2n) is 8.95. The van der Waals surface area contributed by atoms with Crippen LogP contribution in [0.2, 0.25) is 0 Å². The first kappa shape index (κ1) is 20.8. The average Bonchev–Trinajstić information content (AvgIpc) is 3.10. The van der Waals surface area contributed by atoms with Crippen LogP contribution in [0, 0.1) is 5.92 Å². The smallest absolute Gasteiger partial charge is 0.298 e. The molecule has 0 bridgehead atoms. The molecule has 162 valence electrons. The quantitative estimate of drug-likeness (QED) is 0.788. The first-order valence-electron chi connectivity index (χ1n) is 10.9. The molecule has 0 saturated carbocycles. The average molecular weight is 413 g/mol. The fourth-order valence-electron chi connectivity index (χ4n) is 4.34. The molecule has 4 heterocycles. The Morgan fingerprint density at radius 1 is 1.23 bits per heavy atom. The molecule has 2 aromatic rings. The molecule has 8 heteroatoms. The van der Waals surface area contributed by atoms with Crippen LogP contribution in [0.3, 0.4) is 0 Å². The second kappa shape index (κ2) is 8.73. The number of carbonyl (C=O) groups is 2. The van der Waals surface area contributed by atoms with Gasteiger partial charge < -0.3 is 0 Å². The van der Waals surface area contributed by atoms with Crippen LogP contribution in [-0.4, -0.2) is 70.1 Å². The van der Waals surface area contributed by atoms with Gasteiger partial charge in [0, 0.05) is 51.4 Å². The van der Waals surface area contributed by atoms with Crippen molar-refractivity contribution in [2.24, 2.45) is 5.92 Å². The minimum absolute atomic E-state index is 0.227. The lowest BCUT2D eigenvalue weighted by Gasteiger charge is -2.40. The van der Waals surface area contributed by atoms with Gasteiger partial charge in [-0.25, -0.2) is 9.31 Å². The highest BCUT2D eigenvalue weighted by atomic mass is 16.2. The third-order valence-electron chi connectivity index (χ3n) is 6.16. The van der Waals surface area contributed by atoms with E-state index >= 15 is 0 Å². The normalized spacial score (nSPS) is 21.6. The number of pyridine rings is 1. The van der Waals surface area contributed by atoms with Gasteiger partial charge in [0.2, 0.25) is 5.91 Å². The van der Waals surface area contributed by atoms with E-state index in [9.17, 15) is 9.59 Å². The van der Waals surface area contributed by atoms with Crippen molar-refractivity contribution in [3.8, 4) is 0 Å². The fourth-order valence-corrected chi connectivity index (χ4v) is 4.34. The number of piperazine rings is 1. The number of urea groups is 1.